The van der Waals surface area contributed by atoms with Crippen LogP contribution in [0.5, 0.6) is 10.9 Å². The zero-order valence-corrected chi connectivity index (χ0v) is 18.6. The largest absolute Gasteiger partial charge is 0.430 e. The van der Waals surface area contributed by atoms with Crippen molar-refractivity contribution >= 4 is 40.3 Å². The van der Waals surface area contributed by atoms with Crippen molar-refractivity contribution in [2.75, 3.05) is 11.8 Å². The van der Waals surface area contributed by atoms with E-state index in [-0.39, 0.29) is 12.2 Å². The zero-order valence-electron chi connectivity index (χ0n) is 17.0. The number of thiazole rings is 1. The molecule has 0 atom stereocenters. The van der Waals surface area contributed by atoms with Crippen molar-refractivity contribution in [2.24, 2.45) is 0 Å². The maximum absolute atomic E-state index is 14.8. The van der Waals surface area contributed by atoms with Gasteiger partial charge in [-0.3, -0.25) is 4.72 Å². The Morgan fingerprint density at radius 3 is 2.84 bits per heavy atom. The van der Waals surface area contributed by atoms with Crippen LogP contribution < -0.4 is 19.8 Å². The van der Waals surface area contributed by atoms with Gasteiger partial charge in [-0.15, -0.1) is 0 Å². The maximum Gasteiger partial charge on any atom is 0.340 e. The molecule has 0 aliphatic rings. The van der Waals surface area contributed by atoms with Crippen LogP contribution in [-0.4, -0.2) is 17.0 Å². The molecule has 0 unspecified atom stereocenters. The van der Waals surface area contributed by atoms with Crippen LogP contribution in [0.25, 0.3) is 11.0 Å². The average molecular weight is 459 g/mol. The molecule has 3 aromatic heterocycles. The Kier molecular flexibility index (Phi) is 6.21. The summed E-state index contributed by atoms with van der Waals surface area (Å²) in [6.45, 7) is 3.75. The summed E-state index contributed by atoms with van der Waals surface area (Å²) in [4.78, 5) is 20.9. The minimum atomic E-state index is -0.510. The molecule has 4 rings (SSSR count). The van der Waals surface area contributed by atoms with Gasteiger partial charge in [0.2, 0.25) is 0 Å². The number of fused-ring (bicyclic) bond motifs is 1. The van der Waals surface area contributed by atoms with Gasteiger partial charge in [-0.25, -0.2) is 23.9 Å². The molecule has 0 aliphatic carbocycles. The van der Waals surface area contributed by atoms with Crippen LogP contribution in [0.4, 0.5) is 10.2 Å². The minimum Gasteiger partial charge on any atom is -0.430 e. The van der Waals surface area contributed by atoms with E-state index in [2.05, 4.69) is 19.4 Å². The van der Waals surface area contributed by atoms with Gasteiger partial charge in [-0.05, 0) is 49.7 Å². The molecule has 0 bridgehead atoms. The summed E-state index contributed by atoms with van der Waals surface area (Å²) in [5.74, 6) is 0.155. The molecule has 160 valence electrons. The molecular weight excluding hydrogens is 439 g/mol. The standard InChI is InChI=1S/C21H19FN4O3S2/c1-11-8-14-12(2)15(9-13-4-5-24-19(18(13)22)26-31-23-3)20(27)28-17(14)10-16(11)29-21-25-6-7-30-21/h4-8,10,23H,9H2,1-3H3,(H,24,26). The van der Waals surface area contributed by atoms with Crippen molar-refractivity contribution in [1.29, 1.82) is 0 Å². The van der Waals surface area contributed by atoms with Gasteiger partial charge < -0.3 is 9.15 Å². The topological polar surface area (TPSA) is 89.3 Å². The highest BCUT2D eigenvalue weighted by Crippen LogP contribution is 2.32. The molecule has 31 heavy (non-hydrogen) atoms. The van der Waals surface area contributed by atoms with E-state index in [1.54, 1.807) is 25.4 Å². The van der Waals surface area contributed by atoms with E-state index in [1.165, 1.54) is 17.5 Å². The number of ether oxygens (including phenoxy) is 1. The van der Waals surface area contributed by atoms with Crippen LogP contribution in [0.3, 0.4) is 0 Å². The van der Waals surface area contributed by atoms with Crippen molar-refractivity contribution in [3.8, 4) is 10.9 Å². The normalized spacial score (nSPS) is 11.1. The molecule has 0 radical (unpaired) electrons. The molecule has 0 saturated carbocycles. The highest BCUT2D eigenvalue weighted by Gasteiger charge is 2.18. The molecule has 10 heteroatoms. The van der Waals surface area contributed by atoms with E-state index in [0.717, 1.165) is 28.6 Å². The SMILES string of the molecule is CNSNc1nccc(Cc2c(C)c3cc(C)c(Oc4nccs4)cc3oc2=O)c1F. The van der Waals surface area contributed by atoms with Crippen molar-refractivity contribution in [3.05, 3.63) is 74.5 Å². The van der Waals surface area contributed by atoms with Crippen molar-refractivity contribution < 1.29 is 13.5 Å². The highest BCUT2D eigenvalue weighted by atomic mass is 32.2. The van der Waals surface area contributed by atoms with Gasteiger partial charge in [0.05, 0.1) is 0 Å². The molecule has 0 fully saturated rings. The summed E-state index contributed by atoms with van der Waals surface area (Å²) in [6, 6.07) is 5.15. The minimum absolute atomic E-state index is 0.0910. The van der Waals surface area contributed by atoms with Crippen LogP contribution in [0.15, 0.2) is 45.2 Å². The fourth-order valence-electron chi connectivity index (χ4n) is 3.17. The Hall–Kier alpha value is -2.95. The van der Waals surface area contributed by atoms with E-state index in [0.29, 0.717) is 27.7 Å². The number of nitrogens with zero attached hydrogens (tertiary/aromatic N) is 2. The number of hydrogen-bond donors (Lipinski definition) is 2. The second kappa shape index (κ2) is 9.04. The lowest BCUT2D eigenvalue weighted by Gasteiger charge is -2.12. The highest BCUT2D eigenvalue weighted by molar-refractivity contribution is 7.98. The Balaban J connectivity index is 1.72. The molecule has 1 aromatic carbocycles. The van der Waals surface area contributed by atoms with E-state index in [9.17, 15) is 9.18 Å². The van der Waals surface area contributed by atoms with Gasteiger partial charge in [0.1, 0.15) is 11.3 Å². The average Bonchev–Trinajstić information content (AvgIpc) is 3.26. The van der Waals surface area contributed by atoms with Crippen molar-refractivity contribution in [1.82, 2.24) is 14.7 Å². The first-order valence-electron chi connectivity index (χ1n) is 9.34. The van der Waals surface area contributed by atoms with Crippen LogP contribution in [0, 0.1) is 19.7 Å². The Morgan fingerprint density at radius 1 is 1.26 bits per heavy atom. The van der Waals surface area contributed by atoms with Crippen LogP contribution in [0.2, 0.25) is 0 Å². The fourth-order valence-corrected chi connectivity index (χ4v) is 4.01. The second-order valence-electron chi connectivity index (χ2n) is 6.72. The maximum atomic E-state index is 14.8. The van der Waals surface area contributed by atoms with Gasteiger partial charge in [0.25, 0.3) is 5.19 Å². The van der Waals surface area contributed by atoms with Crippen LogP contribution >= 0.6 is 23.5 Å². The molecule has 0 saturated heterocycles. The summed E-state index contributed by atoms with van der Waals surface area (Å²) in [5.41, 5.74) is 2.26. The van der Waals surface area contributed by atoms with E-state index >= 15 is 0 Å². The Labute approximate surface area is 186 Å². The Morgan fingerprint density at radius 2 is 2.10 bits per heavy atom. The molecule has 2 N–H and O–H groups in total. The molecule has 4 aromatic rings. The molecular formula is C21H19FN4O3S2. The summed E-state index contributed by atoms with van der Waals surface area (Å²) in [7, 11) is 1.71. The third-order valence-corrected chi connectivity index (χ3v) is 5.92. The molecule has 0 amide bonds. The number of halogens is 1. The van der Waals surface area contributed by atoms with Crippen LogP contribution in [0.1, 0.15) is 22.3 Å². The monoisotopic (exact) mass is 458 g/mol. The number of hydrogen-bond acceptors (Lipinski definition) is 9. The number of aromatic nitrogens is 2. The van der Waals surface area contributed by atoms with E-state index in [1.807, 2.05) is 25.3 Å². The predicted octanol–water partition coefficient (Wildman–Crippen LogP) is 4.98. The first kappa shape index (κ1) is 21.3. The van der Waals surface area contributed by atoms with Gasteiger partial charge >= 0.3 is 5.63 Å². The molecule has 0 spiro atoms. The fraction of sp³-hybridized carbons (Fsp3) is 0.190. The second-order valence-corrected chi connectivity index (χ2v) is 8.40. The molecule has 3 heterocycles. The third kappa shape index (κ3) is 4.41. The third-order valence-electron chi connectivity index (χ3n) is 4.78. The van der Waals surface area contributed by atoms with Crippen LogP contribution in [-0.2, 0) is 6.42 Å². The summed E-state index contributed by atoms with van der Waals surface area (Å²) in [5, 5.41) is 3.10. The lowest BCUT2D eigenvalue weighted by Crippen LogP contribution is -2.12. The number of pyridine rings is 1. The number of benzene rings is 1. The van der Waals surface area contributed by atoms with Crippen molar-refractivity contribution in [2.45, 2.75) is 20.3 Å². The zero-order chi connectivity index (χ0) is 22.0. The molecule has 0 aliphatic heterocycles. The summed E-state index contributed by atoms with van der Waals surface area (Å²) < 4.78 is 31.8. The summed E-state index contributed by atoms with van der Waals surface area (Å²) >= 11 is 2.48. The van der Waals surface area contributed by atoms with E-state index < -0.39 is 11.4 Å². The quantitative estimate of drug-likeness (QED) is 0.296. The number of anilines is 1. The summed E-state index contributed by atoms with van der Waals surface area (Å²) in [6.07, 6.45) is 3.25. The van der Waals surface area contributed by atoms with Gasteiger partial charge in [0, 0.05) is 53.3 Å². The van der Waals surface area contributed by atoms with Crippen molar-refractivity contribution in [3.63, 3.8) is 0 Å². The first-order valence-corrected chi connectivity index (χ1v) is 11.0. The molecule has 7 nitrogen and oxygen atoms in total. The van der Waals surface area contributed by atoms with Gasteiger partial charge in [0.15, 0.2) is 11.6 Å². The predicted molar refractivity (Wildman–Crippen MR) is 121 cm³/mol. The smallest absolute Gasteiger partial charge is 0.340 e. The van der Waals surface area contributed by atoms with E-state index in [4.69, 9.17) is 9.15 Å². The van der Waals surface area contributed by atoms with Gasteiger partial charge in [-0.2, -0.15) is 0 Å². The Bertz CT molecular complexity index is 1290. The first-order chi connectivity index (χ1) is 15.0. The number of aryl methyl sites for hydroxylation is 2. The van der Waals surface area contributed by atoms with Gasteiger partial charge in [-0.1, -0.05) is 11.3 Å². The number of rotatable bonds is 7. The lowest BCUT2D eigenvalue weighted by molar-refractivity contribution is 0.472. The number of nitrogens with one attached hydrogen (secondary N) is 2. The lowest BCUT2D eigenvalue weighted by atomic mass is 9.98.